The van der Waals surface area contributed by atoms with Crippen LogP contribution in [0.2, 0.25) is 0 Å². The van der Waals surface area contributed by atoms with Crippen LogP contribution in [0.3, 0.4) is 0 Å². The molecule has 2 aliphatic rings. The van der Waals surface area contributed by atoms with E-state index in [0.29, 0.717) is 11.6 Å². The molecule has 0 aromatic carbocycles. The second kappa shape index (κ2) is 8.24. The number of nitrogens with zero attached hydrogens (tertiary/aromatic N) is 6. The lowest BCUT2D eigenvalue weighted by atomic mass is 10.1. The van der Waals surface area contributed by atoms with E-state index in [4.69, 9.17) is 0 Å². The summed E-state index contributed by atoms with van der Waals surface area (Å²) in [6, 6.07) is 4.57. The van der Waals surface area contributed by atoms with Crippen LogP contribution in [0, 0.1) is 0 Å². The molecule has 8 nitrogen and oxygen atoms in total. The summed E-state index contributed by atoms with van der Waals surface area (Å²) in [4.78, 5) is 14.7. The van der Waals surface area contributed by atoms with Crippen molar-refractivity contribution in [2.24, 2.45) is 0 Å². The molecule has 3 heterocycles. The maximum absolute atomic E-state index is 12.4. The zero-order valence-electron chi connectivity index (χ0n) is 16.7. The molecule has 0 radical (unpaired) electrons. The number of amides is 1. The lowest BCUT2D eigenvalue weighted by molar-refractivity contribution is 0.0932. The third kappa shape index (κ3) is 4.15. The number of anilines is 1. The SMILES string of the molecule is CC(C)c1ccc(N2CCC[C@H](n3cc(C(=O)NC4CCCC4)nn3)C2)nn1. The first-order valence-corrected chi connectivity index (χ1v) is 10.4. The van der Waals surface area contributed by atoms with Gasteiger partial charge in [-0.2, -0.15) is 5.10 Å². The lowest BCUT2D eigenvalue weighted by Crippen LogP contribution is -2.37. The molecule has 150 valence electrons. The molecule has 2 fully saturated rings. The van der Waals surface area contributed by atoms with Crippen LogP contribution >= 0.6 is 0 Å². The summed E-state index contributed by atoms with van der Waals surface area (Å²) in [5.74, 6) is 1.16. The monoisotopic (exact) mass is 383 g/mol. The zero-order chi connectivity index (χ0) is 19.5. The molecule has 1 atom stereocenters. The Kier molecular flexibility index (Phi) is 5.54. The maximum Gasteiger partial charge on any atom is 0.273 e. The molecule has 1 aliphatic heterocycles. The fraction of sp³-hybridized carbons (Fsp3) is 0.650. The van der Waals surface area contributed by atoms with Crippen LogP contribution in [0.15, 0.2) is 18.3 Å². The van der Waals surface area contributed by atoms with Gasteiger partial charge in [-0.1, -0.05) is 31.9 Å². The largest absolute Gasteiger partial charge is 0.353 e. The number of carbonyl (C=O) groups excluding carboxylic acids is 1. The Morgan fingerprint density at radius 2 is 1.93 bits per heavy atom. The van der Waals surface area contributed by atoms with Crippen LogP contribution in [-0.2, 0) is 0 Å². The molecule has 1 saturated carbocycles. The molecule has 2 aromatic heterocycles. The van der Waals surface area contributed by atoms with Crippen LogP contribution in [0.25, 0.3) is 0 Å². The number of rotatable bonds is 5. The second-order valence-electron chi connectivity index (χ2n) is 8.25. The van der Waals surface area contributed by atoms with Crippen molar-refractivity contribution in [3.8, 4) is 0 Å². The number of aromatic nitrogens is 5. The summed E-state index contributed by atoms with van der Waals surface area (Å²) in [5, 5.41) is 20.2. The van der Waals surface area contributed by atoms with Crippen LogP contribution < -0.4 is 10.2 Å². The topological polar surface area (TPSA) is 88.8 Å². The summed E-state index contributed by atoms with van der Waals surface area (Å²) in [6.07, 6.45) is 8.35. The van der Waals surface area contributed by atoms with E-state index >= 15 is 0 Å². The summed E-state index contributed by atoms with van der Waals surface area (Å²) < 4.78 is 1.84. The molecule has 1 aliphatic carbocycles. The molecular formula is C20H29N7O. The van der Waals surface area contributed by atoms with Gasteiger partial charge in [-0.3, -0.25) is 4.79 Å². The van der Waals surface area contributed by atoms with Crippen molar-refractivity contribution in [1.82, 2.24) is 30.5 Å². The van der Waals surface area contributed by atoms with E-state index < -0.39 is 0 Å². The van der Waals surface area contributed by atoms with Crippen molar-refractivity contribution >= 4 is 11.7 Å². The van der Waals surface area contributed by atoms with Gasteiger partial charge in [0.1, 0.15) is 0 Å². The van der Waals surface area contributed by atoms with E-state index in [-0.39, 0.29) is 18.0 Å². The van der Waals surface area contributed by atoms with E-state index in [9.17, 15) is 4.79 Å². The van der Waals surface area contributed by atoms with Crippen molar-refractivity contribution in [3.05, 3.63) is 29.7 Å². The average Bonchev–Trinajstić information content (AvgIpc) is 3.40. The van der Waals surface area contributed by atoms with Crippen molar-refractivity contribution in [2.45, 2.75) is 70.4 Å². The minimum atomic E-state index is -0.110. The van der Waals surface area contributed by atoms with E-state index in [1.165, 1.54) is 12.8 Å². The van der Waals surface area contributed by atoms with E-state index in [0.717, 1.165) is 50.3 Å². The number of hydrogen-bond donors (Lipinski definition) is 1. The minimum absolute atomic E-state index is 0.110. The van der Waals surface area contributed by atoms with E-state index in [2.05, 4.69) is 50.6 Å². The highest BCUT2D eigenvalue weighted by molar-refractivity contribution is 5.92. The lowest BCUT2D eigenvalue weighted by Gasteiger charge is -2.33. The van der Waals surface area contributed by atoms with Gasteiger partial charge >= 0.3 is 0 Å². The number of hydrogen-bond acceptors (Lipinski definition) is 6. The first-order chi connectivity index (χ1) is 13.6. The predicted molar refractivity (Wildman–Crippen MR) is 106 cm³/mol. The minimum Gasteiger partial charge on any atom is -0.353 e. The molecule has 4 rings (SSSR count). The Bertz CT molecular complexity index is 795. The van der Waals surface area contributed by atoms with Gasteiger partial charge in [-0.15, -0.1) is 10.2 Å². The van der Waals surface area contributed by atoms with Crippen molar-refractivity contribution in [3.63, 3.8) is 0 Å². The fourth-order valence-corrected chi connectivity index (χ4v) is 4.08. The molecule has 1 N–H and O–H groups in total. The molecule has 0 bridgehead atoms. The number of piperidine rings is 1. The van der Waals surface area contributed by atoms with Crippen LogP contribution in [0.5, 0.6) is 0 Å². The first-order valence-electron chi connectivity index (χ1n) is 10.4. The maximum atomic E-state index is 12.4. The Balaban J connectivity index is 1.40. The van der Waals surface area contributed by atoms with Gasteiger partial charge in [-0.25, -0.2) is 4.68 Å². The molecule has 0 unspecified atom stereocenters. The fourth-order valence-electron chi connectivity index (χ4n) is 4.08. The highest BCUT2D eigenvalue weighted by Gasteiger charge is 2.25. The second-order valence-corrected chi connectivity index (χ2v) is 8.25. The van der Waals surface area contributed by atoms with Crippen molar-refractivity contribution < 1.29 is 4.79 Å². The van der Waals surface area contributed by atoms with E-state index in [1.54, 1.807) is 6.20 Å². The Labute approximate surface area is 165 Å². The quantitative estimate of drug-likeness (QED) is 0.854. The molecule has 1 saturated heterocycles. The summed E-state index contributed by atoms with van der Waals surface area (Å²) in [5.41, 5.74) is 1.41. The summed E-state index contributed by atoms with van der Waals surface area (Å²) in [6.45, 7) is 5.98. The van der Waals surface area contributed by atoms with Crippen LogP contribution in [-0.4, -0.2) is 50.2 Å². The smallest absolute Gasteiger partial charge is 0.273 e. The van der Waals surface area contributed by atoms with Crippen LogP contribution in [0.4, 0.5) is 5.82 Å². The summed E-state index contributed by atoms with van der Waals surface area (Å²) >= 11 is 0. The highest BCUT2D eigenvalue weighted by atomic mass is 16.2. The van der Waals surface area contributed by atoms with Gasteiger partial charge in [0.15, 0.2) is 11.5 Å². The zero-order valence-corrected chi connectivity index (χ0v) is 16.7. The van der Waals surface area contributed by atoms with Gasteiger partial charge in [-0.05, 0) is 43.7 Å². The van der Waals surface area contributed by atoms with Crippen molar-refractivity contribution in [1.29, 1.82) is 0 Å². The third-order valence-corrected chi connectivity index (χ3v) is 5.79. The van der Waals surface area contributed by atoms with Gasteiger partial charge < -0.3 is 10.2 Å². The highest BCUT2D eigenvalue weighted by Crippen LogP contribution is 2.25. The Hall–Kier alpha value is -2.51. The molecule has 2 aromatic rings. The molecule has 28 heavy (non-hydrogen) atoms. The summed E-state index contributed by atoms with van der Waals surface area (Å²) in [7, 11) is 0. The molecule has 0 spiro atoms. The third-order valence-electron chi connectivity index (χ3n) is 5.79. The van der Waals surface area contributed by atoms with Crippen LogP contribution in [0.1, 0.15) is 80.5 Å². The van der Waals surface area contributed by atoms with Gasteiger partial charge in [0, 0.05) is 19.1 Å². The average molecular weight is 384 g/mol. The predicted octanol–water partition coefficient (Wildman–Crippen LogP) is 2.71. The van der Waals surface area contributed by atoms with Crippen molar-refractivity contribution in [2.75, 3.05) is 18.0 Å². The van der Waals surface area contributed by atoms with E-state index in [1.807, 2.05) is 10.7 Å². The van der Waals surface area contributed by atoms with Gasteiger partial charge in [0.2, 0.25) is 0 Å². The molecule has 8 heteroatoms. The number of nitrogens with one attached hydrogen (secondary N) is 1. The Morgan fingerprint density at radius 1 is 1.11 bits per heavy atom. The Morgan fingerprint density at radius 3 is 2.64 bits per heavy atom. The first kappa shape index (κ1) is 18.8. The molecular weight excluding hydrogens is 354 g/mol. The number of carbonyl (C=O) groups is 1. The normalized spacial score (nSPS) is 20.7. The van der Waals surface area contributed by atoms with Gasteiger partial charge in [0.25, 0.3) is 5.91 Å². The molecule has 1 amide bonds. The standard InChI is InChI=1S/C20H29N7O/c1-14(2)17-9-10-19(24-22-17)26-11-5-8-16(12-26)27-13-18(23-25-27)20(28)21-15-6-3-4-7-15/h9-10,13-16H,3-8,11-12H2,1-2H3,(H,21,28)/t16-/m0/s1. The van der Waals surface area contributed by atoms with Gasteiger partial charge in [0.05, 0.1) is 17.9 Å².